The molecule has 6 heteroatoms. The molecule has 0 saturated heterocycles. The second-order valence-corrected chi connectivity index (χ2v) is 6.01. The Kier molecular flexibility index (Phi) is 5.42. The standard InChI is InChI=1S/C20H24N2O4/c1-5-16(24-6-2)13-9-8-10-14-18(13)17-12(4)19(21-11-15(17)22-14)26-20(23)25-7-3/h8-11,16,22H,5-7H2,1-4H3. The van der Waals surface area contributed by atoms with Crippen LogP contribution in [0.3, 0.4) is 0 Å². The molecule has 138 valence electrons. The molecule has 0 amide bonds. The normalized spacial score (nSPS) is 12.5. The third-order valence-electron chi connectivity index (χ3n) is 4.42. The number of fused-ring (bicyclic) bond motifs is 3. The summed E-state index contributed by atoms with van der Waals surface area (Å²) in [6.07, 6.45) is 1.81. The summed E-state index contributed by atoms with van der Waals surface area (Å²) in [4.78, 5) is 19.4. The van der Waals surface area contributed by atoms with Gasteiger partial charge >= 0.3 is 6.16 Å². The highest BCUT2D eigenvalue weighted by Crippen LogP contribution is 2.37. The Bertz CT molecular complexity index is 932. The molecule has 1 atom stereocenters. The van der Waals surface area contributed by atoms with Gasteiger partial charge in [-0.1, -0.05) is 19.1 Å². The molecule has 0 aliphatic rings. The second kappa shape index (κ2) is 7.74. The predicted octanol–water partition coefficient (Wildman–Crippen LogP) is 5.05. The van der Waals surface area contributed by atoms with Gasteiger partial charge in [0, 0.05) is 28.5 Å². The lowest BCUT2D eigenvalue weighted by Gasteiger charge is -2.17. The van der Waals surface area contributed by atoms with Crippen LogP contribution in [0, 0.1) is 6.92 Å². The molecular formula is C20H24N2O4. The summed E-state index contributed by atoms with van der Waals surface area (Å²) in [6, 6.07) is 6.14. The number of nitrogens with one attached hydrogen (secondary N) is 1. The first-order valence-electron chi connectivity index (χ1n) is 8.96. The summed E-state index contributed by atoms with van der Waals surface area (Å²) in [5.74, 6) is 0.260. The van der Waals surface area contributed by atoms with Crippen molar-refractivity contribution < 1.29 is 19.0 Å². The third-order valence-corrected chi connectivity index (χ3v) is 4.42. The molecule has 0 aliphatic heterocycles. The van der Waals surface area contributed by atoms with E-state index >= 15 is 0 Å². The molecule has 1 N–H and O–H groups in total. The van der Waals surface area contributed by atoms with Gasteiger partial charge in [0.1, 0.15) is 0 Å². The highest BCUT2D eigenvalue weighted by molar-refractivity contribution is 6.11. The maximum atomic E-state index is 11.7. The van der Waals surface area contributed by atoms with Crippen molar-refractivity contribution in [3.8, 4) is 5.88 Å². The molecular weight excluding hydrogens is 332 g/mol. The Morgan fingerprint density at radius 2 is 1.96 bits per heavy atom. The number of hydrogen-bond acceptors (Lipinski definition) is 5. The monoisotopic (exact) mass is 356 g/mol. The largest absolute Gasteiger partial charge is 0.515 e. The van der Waals surface area contributed by atoms with Crippen molar-refractivity contribution in [2.75, 3.05) is 13.2 Å². The van der Waals surface area contributed by atoms with Gasteiger partial charge in [0.2, 0.25) is 5.88 Å². The van der Waals surface area contributed by atoms with E-state index in [2.05, 4.69) is 23.0 Å². The van der Waals surface area contributed by atoms with Crippen LogP contribution in [0.2, 0.25) is 0 Å². The Morgan fingerprint density at radius 1 is 1.15 bits per heavy atom. The topological polar surface area (TPSA) is 73.4 Å². The van der Waals surface area contributed by atoms with Gasteiger partial charge in [0.25, 0.3) is 0 Å². The average Bonchev–Trinajstić information content (AvgIpc) is 3.02. The van der Waals surface area contributed by atoms with Crippen molar-refractivity contribution in [1.29, 1.82) is 0 Å². The van der Waals surface area contributed by atoms with Crippen molar-refractivity contribution >= 4 is 28.0 Å². The van der Waals surface area contributed by atoms with E-state index < -0.39 is 6.16 Å². The number of benzene rings is 1. The number of hydrogen-bond donors (Lipinski definition) is 1. The lowest BCUT2D eigenvalue weighted by molar-refractivity contribution is 0.0609. The lowest BCUT2D eigenvalue weighted by Crippen LogP contribution is -2.11. The summed E-state index contributed by atoms with van der Waals surface area (Å²) in [6.45, 7) is 8.64. The first kappa shape index (κ1) is 18.2. The lowest BCUT2D eigenvalue weighted by atomic mass is 9.99. The summed E-state index contributed by atoms with van der Waals surface area (Å²) in [5, 5.41) is 2.07. The number of carbonyl (C=O) groups excluding carboxylic acids is 1. The zero-order valence-corrected chi connectivity index (χ0v) is 15.6. The maximum Gasteiger partial charge on any atom is 0.515 e. The predicted molar refractivity (Wildman–Crippen MR) is 101 cm³/mol. The summed E-state index contributed by atoms with van der Waals surface area (Å²) in [5.41, 5.74) is 3.82. The van der Waals surface area contributed by atoms with Crippen LogP contribution in [0.4, 0.5) is 4.79 Å². The van der Waals surface area contributed by atoms with Crippen LogP contribution in [-0.4, -0.2) is 29.3 Å². The first-order chi connectivity index (χ1) is 12.6. The molecule has 0 aliphatic carbocycles. The van der Waals surface area contributed by atoms with Gasteiger partial charge in [0.05, 0.1) is 24.4 Å². The minimum atomic E-state index is -0.747. The molecule has 2 heterocycles. The fraction of sp³-hybridized carbons (Fsp3) is 0.400. The number of ether oxygens (including phenoxy) is 3. The summed E-state index contributed by atoms with van der Waals surface area (Å²) < 4.78 is 16.1. The van der Waals surface area contributed by atoms with E-state index in [-0.39, 0.29) is 18.6 Å². The zero-order chi connectivity index (χ0) is 18.7. The van der Waals surface area contributed by atoms with Crippen molar-refractivity contribution in [2.45, 2.75) is 40.2 Å². The molecule has 0 spiro atoms. The molecule has 26 heavy (non-hydrogen) atoms. The molecule has 3 aromatic rings. The quantitative estimate of drug-likeness (QED) is 0.626. The Balaban J connectivity index is 2.19. The number of aromatic nitrogens is 2. The van der Waals surface area contributed by atoms with Crippen molar-refractivity contribution in [2.24, 2.45) is 0 Å². The van der Waals surface area contributed by atoms with Crippen LogP contribution in [0.25, 0.3) is 21.8 Å². The van der Waals surface area contributed by atoms with Crippen molar-refractivity contribution in [3.05, 3.63) is 35.5 Å². The number of H-pyrrole nitrogens is 1. The van der Waals surface area contributed by atoms with Crippen LogP contribution in [-0.2, 0) is 9.47 Å². The van der Waals surface area contributed by atoms with Gasteiger partial charge in [0.15, 0.2) is 0 Å². The number of aryl methyl sites for hydroxylation is 1. The average molecular weight is 356 g/mol. The Morgan fingerprint density at radius 3 is 2.65 bits per heavy atom. The van der Waals surface area contributed by atoms with Crippen molar-refractivity contribution in [1.82, 2.24) is 9.97 Å². The maximum absolute atomic E-state index is 11.7. The minimum absolute atomic E-state index is 0.00434. The Hall–Kier alpha value is -2.60. The SMILES string of the molecule is CCOC(=O)Oc1ncc2[nH]c3cccc(C(CC)OCC)c3c2c1C. The first-order valence-corrected chi connectivity index (χ1v) is 8.96. The molecule has 3 rings (SSSR count). The highest BCUT2D eigenvalue weighted by atomic mass is 16.7. The minimum Gasteiger partial charge on any atom is -0.434 e. The van der Waals surface area contributed by atoms with E-state index in [1.54, 1.807) is 13.1 Å². The number of aromatic amines is 1. The number of nitrogens with zero attached hydrogens (tertiary/aromatic N) is 1. The van der Waals surface area contributed by atoms with E-state index in [4.69, 9.17) is 14.2 Å². The molecule has 0 bridgehead atoms. The molecule has 0 saturated carbocycles. The van der Waals surface area contributed by atoms with Crippen molar-refractivity contribution in [3.63, 3.8) is 0 Å². The molecule has 6 nitrogen and oxygen atoms in total. The molecule has 1 aromatic carbocycles. The third kappa shape index (κ3) is 3.24. The van der Waals surface area contributed by atoms with Gasteiger partial charge in [-0.05, 0) is 38.8 Å². The molecule has 0 fully saturated rings. The van der Waals surface area contributed by atoms with Crippen LogP contribution in [0.15, 0.2) is 24.4 Å². The zero-order valence-electron chi connectivity index (χ0n) is 15.6. The molecule has 0 radical (unpaired) electrons. The smallest absolute Gasteiger partial charge is 0.434 e. The van der Waals surface area contributed by atoms with Gasteiger partial charge in [-0.2, -0.15) is 0 Å². The van der Waals surface area contributed by atoms with E-state index in [1.165, 1.54) is 0 Å². The summed E-state index contributed by atoms with van der Waals surface area (Å²) >= 11 is 0. The highest BCUT2D eigenvalue weighted by Gasteiger charge is 2.20. The van der Waals surface area contributed by atoms with E-state index in [0.717, 1.165) is 39.4 Å². The molecule has 2 aromatic heterocycles. The fourth-order valence-corrected chi connectivity index (χ4v) is 3.34. The number of carbonyl (C=O) groups is 1. The van der Waals surface area contributed by atoms with Gasteiger partial charge in [-0.3, -0.25) is 0 Å². The van der Waals surface area contributed by atoms with Crippen LogP contribution in [0.1, 0.15) is 44.4 Å². The van der Waals surface area contributed by atoms with Gasteiger partial charge < -0.3 is 19.2 Å². The van der Waals surface area contributed by atoms with E-state index in [9.17, 15) is 4.79 Å². The van der Waals surface area contributed by atoms with Crippen LogP contribution >= 0.6 is 0 Å². The van der Waals surface area contributed by atoms with E-state index in [1.807, 2.05) is 26.0 Å². The van der Waals surface area contributed by atoms with E-state index in [0.29, 0.717) is 6.61 Å². The fourth-order valence-electron chi connectivity index (χ4n) is 3.34. The second-order valence-electron chi connectivity index (χ2n) is 6.01. The molecule has 1 unspecified atom stereocenters. The van der Waals surface area contributed by atoms with Gasteiger partial charge in [-0.25, -0.2) is 9.78 Å². The van der Waals surface area contributed by atoms with Crippen LogP contribution in [0.5, 0.6) is 5.88 Å². The number of rotatable bonds is 6. The van der Waals surface area contributed by atoms with Gasteiger partial charge in [-0.15, -0.1) is 0 Å². The Labute approximate surface area is 152 Å². The van der Waals surface area contributed by atoms with Crippen LogP contribution < -0.4 is 4.74 Å². The summed E-state index contributed by atoms with van der Waals surface area (Å²) in [7, 11) is 0. The number of pyridine rings is 1.